The van der Waals surface area contributed by atoms with E-state index in [-0.39, 0.29) is 11.8 Å². The van der Waals surface area contributed by atoms with Crippen molar-refractivity contribution in [3.05, 3.63) is 157 Å². The zero-order valence-electron chi connectivity index (χ0n) is 30.2. The Morgan fingerprint density at radius 1 is 0.491 bits per heavy atom. The lowest BCUT2D eigenvalue weighted by molar-refractivity contribution is 0.669. The third-order valence-electron chi connectivity index (χ3n) is 10.8. The number of nitrogens with zero attached hydrogens (tertiary/aromatic N) is 2. The molecule has 256 valence electrons. The van der Waals surface area contributed by atoms with Gasteiger partial charge in [0.2, 0.25) is 0 Å². The Morgan fingerprint density at radius 2 is 1.15 bits per heavy atom. The predicted molar refractivity (Wildman–Crippen MR) is 220 cm³/mol. The van der Waals surface area contributed by atoms with Crippen LogP contribution in [0.4, 0.5) is 0 Å². The van der Waals surface area contributed by atoms with Gasteiger partial charge in [0.15, 0.2) is 0 Å². The number of para-hydroxylation sites is 2. The van der Waals surface area contributed by atoms with Crippen LogP contribution in [0.1, 0.15) is 50.7 Å². The molecular formula is C49H38N2O2. The van der Waals surface area contributed by atoms with Gasteiger partial charge in [0.05, 0.1) is 11.3 Å². The Morgan fingerprint density at radius 3 is 1.94 bits per heavy atom. The van der Waals surface area contributed by atoms with E-state index >= 15 is 0 Å². The highest BCUT2D eigenvalue weighted by Crippen LogP contribution is 2.43. The molecule has 3 aromatic heterocycles. The molecule has 0 saturated carbocycles. The van der Waals surface area contributed by atoms with Crippen LogP contribution in [0.25, 0.3) is 94.0 Å². The van der Waals surface area contributed by atoms with E-state index in [9.17, 15) is 0 Å². The summed E-state index contributed by atoms with van der Waals surface area (Å²) in [5.41, 5.74) is 13.0. The summed E-state index contributed by atoms with van der Waals surface area (Å²) in [6, 6.07) is 47.6. The molecule has 0 fully saturated rings. The monoisotopic (exact) mass is 686 g/mol. The van der Waals surface area contributed by atoms with Crippen LogP contribution in [0.3, 0.4) is 0 Å². The molecule has 0 radical (unpaired) electrons. The van der Waals surface area contributed by atoms with E-state index in [2.05, 4.69) is 160 Å². The molecule has 0 aliphatic carbocycles. The van der Waals surface area contributed by atoms with Gasteiger partial charge in [-0.05, 0) is 105 Å². The number of furan rings is 2. The van der Waals surface area contributed by atoms with Crippen LogP contribution < -0.4 is 0 Å². The van der Waals surface area contributed by atoms with E-state index in [0.29, 0.717) is 0 Å². The summed E-state index contributed by atoms with van der Waals surface area (Å²) in [6.07, 6.45) is 4.01. The minimum absolute atomic E-state index is 0.266. The van der Waals surface area contributed by atoms with Crippen LogP contribution in [0.15, 0.2) is 155 Å². The van der Waals surface area contributed by atoms with Crippen LogP contribution in [0.5, 0.6) is 0 Å². The van der Waals surface area contributed by atoms with Crippen molar-refractivity contribution in [1.29, 1.82) is 0 Å². The van der Waals surface area contributed by atoms with Gasteiger partial charge in [0.25, 0.3) is 0 Å². The average molecular weight is 687 g/mol. The van der Waals surface area contributed by atoms with Crippen molar-refractivity contribution in [3.63, 3.8) is 0 Å². The number of aromatic nitrogens is 2. The lowest BCUT2D eigenvalue weighted by Crippen LogP contribution is -2.08. The van der Waals surface area contributed by atoms with Crippen LogP contribution in [-0.4, -0.2) is 9.55 Å². The van der Waals surface area contributed by atoms with Gasteiger partial charge in [0.1, 0.15) is 28.2 Å². The third-order valence-corrected chi connectivity index (χ3v) is 10.8. The summed E-state index contributed by atoms with van der Waals surface area (Å²) < 4.78 is 15.5. The number of benzene rings is 7. The van der Waals surface area contributed by atoms with Crippen molar-refractivity contribution in [3.8, 4) is 39.3 Å². The topological polar surface area (TPSA) is 44.1 Å². The fourth-order valence-electron chi connectivity index (χ4n) is 8.16. The van der Waals surface area contributed by atoms with Gasteiger partial charge < -0.3 is 8.83 Å². The highest BCUT2D eigenvalue weighted by atomic mass is 16.3. The van der Waals surface area contributed by atoms with E-state index in [1.54, 1.807) is 0 Å². The number of fused-ring (bicyclic) bond motifs is 8. The predicted octanol–water partition coefficient (Wildman–Crippen LogP) is 14.1. The summed E-state index contributed by atoms with van der Waals surface area (Å²) in [5, 5.41) is 6.74. The maximum absolute atomic E-state index is 6.88. The number of rotatable bonds is 6. The number of imidazole rings is 1. The normalized spacial score (nSPS) is 12.1. The molecule has 10 rings (SSSR count). The fourth-order valence-corrected chi connectivity index (χ4v) is 8.16. The van der Waals surface area contributed by atoms with Gasteiger partial charge in [0, 0.05) is 39.3 Å². The third kappa shape index (κ3) is 5.01. The SMILES string of the molecule is CC(C)c1cc(-c2ccc3c(c2)oc2ccccc23)cc(C(C)C)c1-n1ccnc1-c1cccc2c1oc1c3ccc(-c4ccccc4)cc3ccc21. The first-order chi connectivity index (χ1) is 25.9. The van der Waals surface area contributed by atoms with E-state index < -0.39 is 0 Å². The fraction of sp³-hybridized carbons (Fsp3) is 0.122. The van der Waals surface area contributed by atoms with Crippen LogP contribution >= 0.6 is 0 Å². The summed E-state index contributed by atoms with van der Waals surface area (Å²) in [6.45, 7) is 9.11. The first kappa shape index (κ1) is 31.4. The Kier molecular flexibility index (Phi) is 7.16. The smallest absolute Gasteiger partial charge is 0.148 e. The van der Waals surface area contributed by atoms with Gasteiger partial charge in [-0.15, -0.1) is 0 Å². The maximum atomic E-state index is 6.88. The molecule has 0 saturated heterocycles. The molecule has 0 spiro atoms. The van der Waals surface area contributed by atoms with Gasteiger partial charge in [-0.2, -0.15) is 0 Å². The first-order valence-corrected chi connectivity index (χ1v) is 18.5. The maximum Gasteiger partial charge on any atom is 0.148 e. The Hall–Kier alpha value is -6.39. The molecule has 0 bridgehead atoms. The van der Waals surface area contributed by atoms with E-state index in [4.69, 9.17) is 13.8 Å². The molecule has 4 heteroatoms. The zero-order chi connectivity index (χ0) is 35.8. The molecule has 0 N–H and O–H groups in total. The van der Waals surface area contributed by atoms with Crippen molar-refractivity contribution in [2.75, 3.05) is 0 Å². The van der Waals surface area contributed by atoms with Crippen molar-refractivity contribution in [2.45, 2.75) is 39.5 Å². The molecule has 0 amide bonds. The molecule has 0 atom stereocenters. The van der Waals surface area contributed by atoms with E-state index in [0.717, 1.165) is 71.6 Å². The summed E-state index contributed by atoms with van der Waals surface area (Å²) in [5.74, 6) is 1.40. The molecule has 0 unspecified atom stereocenters. The molecule has 10 aromatic rings. The molecule has 4 nitrogen and oxygen atoms in total. The minimum Gasteiger partial charge on any atom is -0.456 e. The van der Waals surface area contributed by atoms with Crippen LogP contribution in [0.2, 0.25) is 0 Å². The van der Waals surface area contributed by atoms with E-state index in [1.165, 1.54) is 33.5 Å². The van der Waals surface area contributed by atoms with Crippen molar-refractivity contribution in [2.24, 2.45) is 0 Å². The lowest BCUT2D eigenvalue weighted by Gasteiger charge is -2.23. The molecule has 7 aromatic carbocycles. The molecular weight excluding hydrogens is 649 g/mol. The molecule has 53 heavy (non-hydrogen) atoms. The van der Waals surface area contributed by atoms with Crippen LogP contribution in [-0.2, 0) is 0 Å². The minimum atomic E-state index is 0.266. The largest absolute Gasteiger partial charge is 0.456 e. The van der Waals surface area contributed by atoms with Crippen molar-refractivity contribution in [1.82, 2.24) is 9.55 Å². The summed E-state index contributed by atoms with van der Waals surface area (Å²) >= 11 is 0. The Labute approximate surface area is 307 Å². The first-order valence-electron chi connectivity index (χ1n) is 18.5. The quantitative estimate of drug-likeness (QED) is 0.175. The summed E-state index contributed by atoms with van der Waals surface area (Å²) in [4.78, 5) is 5.02. The number of hydrogen-bond acceptors (Lipinski definition) is 3. The second-order valence-electron chi connectivity index (χ2n) is 14.8. The lowest BCUT2D eigenvalue weighted by atomic mass is 9.88. The number of hydrogen-bond donors (Lipinski definition) is 0. The van der Waals surface area contributed by atoms with E-state index in [1.807, 2.05) is 18.3 Å². The van der Waals surface area contributed by atoms with Gasteiger partial charge in [-0.3, -0.25) is 4.57 Å². The highest BCUT2D eigenvalue weighted by molar-refractivity contribution is 6.17. The van der Waals surface area contributed by atoms with Gasteiger partial charge >= 0.3 is 0 Å². The second kappa shape index (κ2) is 12.1. The van der Waals surface area contributed by atoms with Gasteiger partial charge in [-0.25, -0.2) is 4.98 Å². The van der Waals surface area contributed by atoms with Crippen molar-refractivity contribution >= 4 is 54.6 Å². The molecule has 0 aliphatic heterocycles. The van der Waals surface area contributed by atoms with Gasteiger partial charge in [-0.1, -0.05) is 107 Å². The summed E-state index contributed by atoms with van der Waals surface area (Å²) in [7, 11) is 0. The molecule has 3 heterocycles. The Bertz CT molecular complexity index is 2980. The van der Waals surface area contributed by atoms with Crippen molar-refractivity contribution < 1.29 is 8.83 Å². The Balaban J connectivity index is 1.13. The average Bonchev–Trinajstić information content (AvgIpc) is 3.93. The highest BCUT2D eigenvalue weighted by Gasteiger charge is 2.23. The van der Waals surface area contributed by atoms with Crippen LogP contribution in [0, 0.1) is 0 Å². The molecule has 0 aliphatic rings. The standard InChI is InChI=1S/C49H38N2O2/c1-29(2)42-26-35(33-18-21-38-37-13-8-9-16-44(37)52-45(38)28-33)27-43(30(3)4)46(42)51-24-23-50-49(51)41-15-10-14-39-40-22-19-34-25-32(31-11-6-5-7-12-31)17-20-36(34)47(40)53-48(39)41/h5-30H,1-4H3. The zero-order valence-corrected chi connectivity index (χ0v) is 30.2. The second-order valence-corrected chi connectivity index (χ2v) is 14.8.